The summed E-state index contributed by atoms with van der Waals surface area (Å²) in [6.45, 7) is 8.20. The van der Waals surface area contributed by atoms with E-state index in [1.54, 1.807) is 0 Å². The van der Waals surface area contributed by atoms with Gasteiger partial charge in [-0.15, -0.1) is 0 Å². The number of carbonyl (C=O) groups excluding carboxylic acids is 1. The number of amides is 2. The van der Waals surface area contributed by atoms with Gasteiger partial charge >= 0.3 is 12.0 Å². The Morgan fingerprint density at radius 3 is 2.19 bits per heavy atom. The van der Waals surface area contributed by atoms with Gasteiger partial charge in [0.25, 0.3) is 0 Å². The average Bonchev–Trinajstić information content (AvgIpc) is 2.21. The summed E-state index contributed by atoms with van der Waals surface area (Å²) in [7, 11) is 0. The predicted molar refractivity (Wildman–Crippen MR) is 62.3 cm³/mol. The smallest absolute Gasteiger partial charge is 0.326 e. The topological polar surface area (TPSA) is 78.4 Å². The second kappa shape index (κ2) is 7.09. The van der Waals surface area contributed by atoms with E-state index in [0.717, 1.165) is 0 Å². The van der Waals surface area contributed by atoms with Crippen LogP contribution in [-0.2, 0) is 4.79 Å². The first-order valence-electron chi connectivity index (χ1n) is 5.65. The molecule has 0 aliphatic carbocycles. The number of carboxylic acid groups (broad SMARTS) is 1. The number of hydrogen-bond acceptors (Lipinski definition) is 2. The normalized spacial score (nSPS) is 14.3. The molecule has 0 aromatic heterocycles. The van der Waals surface area contributed by atoms with Crippen LogP contribution in [0.5, 0.6) is 0 Å². The van der Waals surface area contributed by atoms with Crippen molar-refractivity contribution in [3.8, 4) is 0 Å². The molecule has 0 aromatic rings. The molecule has 0 spiro atoms. The maximum absolute atomic E-state index is 11.4. The molecule has 0 bridgehead atoms. The summed E-state index contributed by atoms with van der Waals surface area (Å²) >= 11 is 0. The molecule has 0 heterocycles. The molecule has 0 aromatic carbocycles. The minimum Gasteiger partial charge on any atom is -0.480 e. The van der Waals surface area contributed by atoms with E-state index in [9.17, 15) is 9.59 Å². The Hall–Kier alpha value is -1.26. The molecule has 0 rings (SSSR count). The molecule has 0 radical (unpaired) electrons. The Bertz CT molecular complexity index is 241. The van der Waals surface area contributed by atoms with E-state index in [1.807, 2.05) is 27.7 Å². The van der Waals surface area contributed by atoms with Gasteiger partial charge in [0.1, 0.15) is 6.04 Å². The molecule has 0 fully saturated rings. The van der Waals surface area contributed by atoms with Crippen LogP contribution in [0.3, 0.4) is 0 Å². The van der Waals surface area contributed by atoms with Crippen LogP contribution in [0.4, 0.5) is 4.79 Å². The number of carbonyl (C=O) groups is 2. The highest BCUT2D eigenvalue weighted by Gasteiger charge is 2.24. The van der Waals surface area contributed by atoms with Crippen molar-refractivity contribution in [1.82, 2.24) is 10.6 Å². The zero-order valence-electron chi connectivity index (χ0n) is 10.4. The van der Waals surface area contributed by atoms with Crippen molar-refractivity contribution >= 4 is 12.0 Å². The summed E-state index contributed by atoms with van der Waals surface area (Å²) in [4.78, 5) is 22.3. The lowest BCUT2D eigenvalue weighted by Gasteiger charge is -2.20. The number of rotatable bonds is 6. The van der Waals surface area contributed by atoms with E-state index in [2.05, 4.69) is 10.6 Å². The van der Waals surface area contributed by atoms with Crippen molar-refractivity contribution in [1.29, 1.82) is 0 Å². The van der Waals surface area contributed by atoms with E-state index in [0.29, 0.717) is 18.9 Å². The SMILES string of the molecule is CC[C@H](C)[C@@H](NC(=O)NCC(C)C)C(=O)O. The van der Waals surface area contributed by atoms with E-state index >= 15 is 0 Å². The van der Waals surface area contributed by atoms with Crippen LogP contribution < -0.4 is 10.6 Å². The minimum atomic E-state index is -0.992. The van der Waals surface area contributed by atoms with Gasteiger partial charge in [-0.3, -0.25) is 0 Å². The zero-order chi connectivity index (χ0) is 12.7. The maximum atomic E-state index is 11.4. The molecule has 2 amide bonds. The highest BCUT2D eigenvalue weighted by Crippen LogP contribution is 2.07. The summed E-state index contributed by atoms with van der Waals surface area (Å²) in [6, 6.07) is -1.24. The van der Waals surface area contributed by atoms with Crippen molar-refractivity contribution in [3.63, 3.8) is 0 Å². The highest BCUT2D eigenvalue weighted by molar-refractivity contribution is 5.82. The fourth-order valence-corrected chi connectivity index (χ4v) is 1.17. The standard InChI is InChI=1S/C11H22N2O3/c1-5-8(4)9(10(14)15)13-11(16)12-6-7(2)3/h7-9H,5-6H2,1-4H3,(H,14,15)(H2,12,13,16)/t8-,9+/m0/s1. The minimum absolute atomic E-state index is 0.0812. The molecule has 16 heavy (non-hydrogen) atoms. The number of urea groups is 1. The van der Waals surface area contributed by atoms with Gasteiger partial charge in [-0.25, -0.2) is 9.59 Å². The first-order valence-corrected chi connectivity index (χ1v) is 5.65. The van der Waals surface area contributed by atoms with Crippen molar-refractivity contribution in [3.05, 3.63) is 0 Å². The zero-order valence-corrected chi connectivity index (χ0v) is 10.4. The number of nitrogens with one attached hydrogen (secondary N) is 2. The Morgan fingerprint density at radius 2 is 1.81 bits per heavy atom. The van der Waals surface area contributed by atoms with Crippen molar-refractivity contribution in [2.75, 3.05) is 6.54 Å². The van der Waals surface area contributed by atoms with E-state index < -0.39 is 18.0 Å². The average molecular weight is 230 g/mol. The van der Waals surface area contributed by atoms with Crippen LogP contribution in [0, 0.1) is 11.8 Å². The molecular weight excluding hydrogens is 208 g/mol. The summed E-state index contributed by atoms with van der Waals surface area (Å²) in [5, 5.41) is 14.1. The third kappa shape index (κ3) is 5.58. The first-order chi connectivity index (χ1) is 7.38. The third-order valence-corrected chi connectivity index (χ3v) is 2.44. The number of hydrogen-bond donors (Lipinski definition) is 3. The monoisotopic (exact) mass is 230 g/mol. The molecule has 3 N–H and O–H groups in total. The fourth-order valence-electron chi connectivity index (χ4n) is 1.17. The Labute approximate surface area is 96.6 Å². The third-order valence-electron chi connectivity index (χ3n) is 2.44. The molecule has 0 aliphatic heterocycles. The lowest BCUT2D eigenvalue weighted by Crippen LogP contribution is -2.49. The van der Waals surface area contributed by atoms with Crippen LogP contribution in [0.2, 0.25) is 0 Å². The Balaban J connectivity index is 4.19. The summed E-state index contributed by atoms with van der Waals surface area (Å²) in [5.41, 5.74) is 0. The van der Waals surface area contributed by atoms with Crippen molar-refractivity contribution < 1.29 is 14.7 Å². The molecule has 2 atom stereocenters. The van der Waals surface area contributed by atoms with Gasteiger partial charge in [-0.2, -0.15) is 0 Å². The maximum Gasteiger partial charge on any atom is 0.326 e. The fraction of sp³-hybridized carbons (Fsp3) is 0.818. The van der Waals surface area contributed by atoms with E-state index in [1.165, 1.54) is 0 Å². The lowest BCUT2D eigenvalue weighted by molar-refractivity contribution is -0.140. The molecule has 5 nitrogen and oxygen atoms in total. The van der Waals surface area contributed by atoms with Gasteiger partial charge in [-0.1, -0.05) is 34.1 Å². The molecular formula is C11H22N2O3. The van der Waals surface area contributed by atoms with Gasteiger partial charge in [0.2, 0.25) is 0 Å². The molecule has 0 unspecified atom stereocenters. The van der Waals surface area contributed by atoms with Crippen LogP contribution >= 0.6 is 0 Å². The van der Waals surface area contributed by atoms with Crippen LogP contribution in [0.25, 0.3) is 0 Å². The molecule has 5 heteroatoms. The predicted octanol–water partition coefficient (Wildman–Crippen LogP) is 1.44. The quantitative estimate of drug-likeness (QED) is 0.646. The first kappa shape index (κ1) is 14.7. The summed E-state index contributed by atoms with van der Waals surface area (Å²) in [5.74, 6) is -0.728. The van der Waals surface area contributed by atoms with E-state index in [-0.39, 0.29) is 5.92 Å². The Morgan fingerprint density at radius 1 is 1.25 bits per heavy atom. The molecule has 94 valence electrons. The molecule has 0 aliphatic rings. The van der Waals surface area contributed by atoms with Crippen molar-refractivity contribution in [2.24, 2.45) is 11.8 Å². The Kier molecular flexibility index (Phi) is 6.53. The van der Waals surface area contributed by atoms with Crippen LogP contribution in [-0.4, -0.2) is 29.7 Å². The van der Waals surface area contributed by atoms with Crippen LogP contribution in [0.15, 0.2) is 0 Å². The number of aliphatic carboxylic acids is 1. The van der Waals surface area contributed by atoms with Gasteiger partial charge in [-0.05, 0) is 11.8 Å². The van der Waals surface area contributed by atoms with Gasteiger partial charge in [0.15, 0.2) is 0 Å². The molecule has 0 saturated carbocycles. The van der Waals surface area contributed by atoms with Crippen LogP contribution in [0.1, 0.15) is 34.1 Å². The highest BCUT2D eigenvalue weighted by atomic mass is 16.4. The lowest BCUT2D eigenvalue weighted by atomic mass is 9.99. The second-order valence-corrected chi connectivity index (χ2v) is 4.45. The van der Waals surface area contributed by atoms with Gasteiger partial charge in [0.05, 0.1) is 0 Å². The number of carboxylic acids is 1. The van der Waals surface area contributed by atoms with E-state index in [4.69, 9.17) is 5.11 Å². The summed E-state index contributed by atoms with van der Waals surface area (Å²) in [6.07, 6.45) is 0.710. The second-order valence-electron chi connectivity index (χ2n) is 4.45. The van der Waals surface area contributed by atoms with Gasteiger partial charge < -0.3 is 15.7 Å². The molecule has 0 saturated heterocycles. The largest absolute Gasteiger partial charge is 0.480 e. The van der Waals surface area contributed by atoms with Crippen molar-refractivity contribution in [2.45, 2.75) is 40.2 Å². The summed E-state index contributed by atoms with van der Waals surface area (Å²) < 4.78 is 0. The van der Waals surface area contributed by atoms with Gasteiger partial charge in [0, 0.05) is 6.54 Å².